The van der Waals surface area contributed by atoms with Crippen molar-refractivity contribution in [2.75, 3.05) is 37.6 Å². The van der Waals surface area contributed by atoms with Crippen molar-refractivity contribution in [3.05, 3.63) is 30.5 Å². The lowest BCUT2D eigenvalue weighted by Crippen LogP contribution is -2.43. The van der Waals surface area contributed by atoms with Gasteiger partial charge in [0.2, 0.25) is 0 Å². The van der Waals surface area contributed by atoms with Gasteiger partial charge in [-0.25, -0.2) is 4.98 Å². The van der Waals surface area contributed by atoms with E-state index in [1.807, 2.05) is 24.4 Å². The molecule has 0 spiro atoms. The summed E-state index contributed by atoms with van der Waals surface area (Å²) in [7, 11) is 1.68. The van der Waals surface area contributed by atoms with E-state index in [9.17, 15) is 0 Å². The van der Waals surface area contributed by atoms with Crippen LogP contribution < -0.4 is 9.64 Å². The van der Waals surface area contributed by atoms with Gasteiger partial charge in [-0.3, -0.25) is 0 Å². The highest BCUT2D eigenvalue weighted by Crippen LogP contribution is 2.29. The summed E-state index contributed by atoms with van der Waals surface area (Å²) in [6.07, 6.45) is 1.91. The largest absolute Gasteiger partial charge is 0.497 e. The number of aromatic nitrogens is 1. The summed E-state index contributed by atoms with van der Waals surface area (Å²) in [5, 5.41) is 2.26. The second-order valence-electron chi connectivity index (χ2n) is 4.81. The van der Waals surface area contributed by atoms with Gasteiger partial charge >= 0.3 is 0 Å². The van der Waals surface area contributed by atoms with Gasteiger partial charge in [0.15, 0.2) is 0 Å². The molecule has 1 aromatic carbocycles. The van der Waals surface area contributed by atoms with Crippen LogP contribution in [0.3, 0.4) is 0 Å². The van der Waals surface area contributed by atoms with Crippen molar-refractivity contribution in [3.63, 3.8) is 0 Å². The van der Waals surface area contributed by atoms with E-state index >= 15 is 0 Å². The fourth-order valence-corrected chi connectivity index (χ4v) is 2.70. The molecule has 1 unspecified atom stereocenters. The summed E-state index contributed by atoms with van der Waals surface area (Å²) in [4.78, 5) is 6.78. The zero-order chi connectivity index (χ0) is 13.9. The maximum absolute atomic E-state index is 5.91. The van der Waals surface area contributed by atoms with Crippen LogP contribution in [-0.2, 0) is 4.74 Å². The highest BCUT2D eigenvalue weighted by Gasteiger charge is 2.22. The summed E-state index contributed by atoms with van der Waals surface area (Å²) >= 11 is 5.91. The molecule has 20 heavy (non-hydrogen) atoms. The molecule has 5 heteroatoms. The molecule has 0 bridgehead atoms. The van der Waals surface area contributed by atoms with Crippen LogP contribution in [0.1, 0.15) is 0 Å². The number of morpholine rings is 1. The molecule has 1 aliphatic rings. The Morgan fingerprint density at radius 2 is 2.35 bits per heavy atom. The summed E-state index contributed by atoms with van der Waals surface area (Å²) in [6.45, 7) is 2.28. The molecule has 106 valence electrons. The number of halogens is 1. The van der Waals surface area contributed by atoms with Gasteiger partial charge in [0.05, 0.1) is 25.7 Å². The molecular weight excluding hydrogens is 276 g/mol. The Morgan fingerprint density at radius 3 is 3.15 bits per heavy atom. The molecule has 3 rings (SSSR count). The zero-order valence-electron chi connectivity index (χ0n) is 11.4. The van der Waals surface area contributed by atoms with E-state index in [1.165, 1.54) is 0 Å². The van der Waals surface area contributed by atoms with E-state index < -0.39 is 0 Å². The zero-order valence-corrected chi connectivity index (χ0v) is 12.1. The number of hydrogen-bond acceptors (Lipinski definition) is 4. The molecule has 0 saturated carbocycles. The van der Waals surface area contributed by atoms with Crippen LogP contribution in [0.15, 0.2) is 30.5 Å². The molecule has 1 aliphatic heterocycles. The summed E-state index contributed by atoms with van der Waals surface area (Å²) in [6, 6.07) is 8.06. The van der Waals surface area contributed by atoms with E-state index in [0.29, 0.717) is 12.5 Å². The molecule has 0 aliphatic carbocycles. The third kappa shape index (κ3) is 2.53. The Balaban J connectivity index is 2.01. The van der Waals surface area contributed by atoms with E-state index in [4.69, 9.17) is 21.1 Å². The Labute approximate surface area is 123 Å². The van der Waals surface area contributed by atoms with Gasteiger partial charge in [-0.05, 0) is 23.6 Å². The predicted octanol–water partition coefficient (Wildman–Crippen LogP) is 2.69. The van der Waals surface area contributed by atoms with Crippen molar-refractivity contribution in [2.24, 2.45) is 0 Å². The standard InChI is InChI=1S/C15H17ClN2O2/c1-19-12-3-2-11-4-5-17-15(14(11)8-12)18-6-7-20-13(9-16)10-18/h2-5,8,13H,6-7,9-10H2,1H3. The van der Waals surface area contributed by atoms with Crippen molar-refractivity contribution in [2.45, 2.75) is 6.10 Å². The number of nitrogens with zero attached hydrogens (tertiary/aromatic N) is 2. The molecule has 1 aromatic heterocycles. The Kier molecular flexibility index (Phi) is 3.94. The first-order valence-electron chi connectivity index (χ1n) is 6.67. The predicted molar refractivity (Wildman–Crippen MR) is 81.0 cm³/mol. The Hall–Kier alpha value is -1.52. The average molecular weight is 293 g/mol. The van der Waals surface area contributed by atoms with Crippen molar-refractivity contribution >= 4 is 28.2 Å². The third-order valence-corrected chi connectivity index (χ3v) is 3.91. The minimum Gasteiger partial charge on any atom is -0.497 e. The molecule has 1 fully saturated rings. The molecule has 2 heterocycles. The average Bonchev–Trinajstić information content (AvgIpc) is 2.53. The van der Waals surface area contributed by atoms with Crippen molar-refractivity contribution in [1.29, 1.82) is 0 Å². The topological polar surface area (TPSA) is 34.6 Å². The summed E-state index contributed by atoms with van der Waals surface area (Å²) < 4.78 is 10.9. The normalized spacial score (nSPS) is 19.3. The smallest absolute Gasteiger partial charge is 0.136 e. The molecule has 0 radical (unpaired) electrons. The minimum absolute atomic E-state index is 0.0630. The Bertz CT molecular complexity index is 605. The lowest BCUT2D eigenvalue weighted by atomic mass is 10.1. The summed E-state index contributed by atoms with van der Waals surface area (Å²) in [5.74, 6) is 2.32. The number of hydrogen-bond donors (Lipinski definition) is 0. The van der Waals surface area contributed by atoms with Crippen LogP contribution in [0.2, 0.25) is 0 Å². The van der Waals surface area contributed by atoms with Gasteiger partial charge in [-0.15, -0.1) is 11.6 Å². The maximum atomic E-state index is 5.91. The monoisotopic (exact) mass is 292 g/mol. The molecule has 4 nitrogen and oxygen atoms in total. The number of pyridine rings is 1. The number of benzene rings is 1. The highest BCUT2D eigenvalue weighted by molar-refractivity contribution is 6.18. The highest BCUT2D eigenvalue weighted by atomic mass is 35.5. The van der Waals surface area contributed by atoms with Crippen LogP contribution in [-0.4, -0.2) is 43.8 Å². The lowest BCUT2D eigenvalue weighted by Gasteiger charge is -2.33. The van der Waals surface area contributed by atoms with E-state index in [1.54, 1.807) is 7.11 Å². The number of methoxy groups -OCH3 is 1. The van der Waals surface area contributed by atoms with Crippen molar-refractivity contribution in [1.82, 2.24) is 4.98 Å². The Morgan fingerprint density at radius 1 is 1.45 bits per heavy atom. The SMILES string of the molecule is COc1ccc2ccnc(N3CCOC(CCl)C3)c2c1. The maximum Gasteiger partial charge on any atom is 0.136 e. The van der Waals surface area contributed by atoms with E-state index in [0.717, 1.165) is 35.4 Å². The minimum atomic E-state index is 0.0630. The first-order valence-corrected chi connectivity index (χ1v) is 7.20. The second kappa shape index (κ2) is 5.85. The van der Waals surface area contributed by atoms with Crippen LogP contribution >= 0.6 is 11.6 Å². The number of rotatable bonds is 3. The molecule has 0 N–H and O–H groups in total. The van der Waals surface area contributed by atoms with Crippen LogP contribution in [0.4, 0.5) is 5.82 Å². The van der Waals surface area contributed by atoms with Gasteiger partial charge in [0, 0.05) is 24.7 Å². The van der Waals surface area contributed by atoms with Crippen LogP contribution in [0.5, 0.6) is 5.75 Å². The van der Waals surface area contributed by atoms with Gasteiger partial charge in [0.25, 0.3) is 0 Å². The van der Waals surface area contributed by atoms with Crippen LogP contribution in [0, 0.1) is 0 Å². The fourth-order valence-electron chi connectivity index (χ4n) is 2.52. The molecule has 1 atom stereocenters. The second-order valence-corrected chi connectivity index (χ2v) is 5.12. The first-order chi connectivity index (χ1) is 9.81. The van der Waals surface area contributed by atoms with Gasteiger partial charge in [-0.2, -0.15) is 0 Å². The van der Waals surface area contributed by atoms with Crippen molar-refractivity contribution in [3.8, 4) is 5.75 Å². The van der Waals surface area contributed by atoms with Gasteiger partial charge in [0.1, 0.15) is 11.6 Å². The molecular formula is C15H17ClN2O2. The van der Waals surface area contributed by atoms with E-state index in [-0.39, 0.29) is 6.10 Å². The van der Waals surface area contributed by atoms with Crippen molar-refractivity contribution < 1.29 is 9.47 Å². The van der Waals surface area contributed by atoms with Crippen LogP contribution in [0.25, 0.3) is 10.8 Å². The fraction of sp³-hybridized carbons (Fsp3) is 0.400. The molecule has 1 saturated heterocycles. The van der Waals surface area contributed by atoms with E-state index in [2.05, 4.69) is 16.0 Å². The number of alkyl halides is 1. The third-order valence-electron chi connectivity index (χ3n) is 3.56. The quantitative estimate of drug-likeness (QED) is 0.815. The van der Waals surface area contributed by atoms with Gasteiger partial charge in [-0.1, -0.05) is 6.07 Å². The number of ether oxygens (including phenoxy) is 2. The summed E-state index contributed by atoms with van der Waals surface area (Å²) in [5.41, 5.74) is 0. The number of anilines is 1. The number of fused-ring (bicyclic) bond motifs is 1. The molecule has 2 aromatic rings. The lowest BCUT2D eigenvalue weighted by molar-refractivity contribution is 0.0553. The van der Waals surface area contributed by atoms with Gasteiger partial charge < -0.3 is 14.4 Å². The first kappa shape index (κ1) is 13.5. The molecule has 0 amide bonds.